The molecule has 1 N–H and O–H groups in total. The fraction of sp³-hybridized carbons (Fsp3) is 0.100. The second-order valence-electron chi connectivity index (χ2n) is 2.78. The number of phenols is 1. The Morgan fingerprint density at radius 3 is 2.93 bits per heavy atom. The molecular weight excluding hydrogens is 214 g/mol. The highest BCUT2D eigenvalue weighted by Gasteiger charge is 2.07. The summed E-state index contributed by atoms with van der Waals surface area (Å²) in [6.45, 7) is 0. The Morgan fingerprint density at radius 1 is 1.50 bits per heavy atom. The fourth-order valence-corrected chi connectivity index (χ4v) is 2.70. The summed E-state index contributed by atoms with van der Waals surface area (Å²) in [6, 6.07) is 5.72. The van der Waals surface area contributed by atoms with E-state index in [0.717, 1.165) is 15.0 Å². The summed E-state index contributed by atoms with van der Waals surface area (Å²) in [7, 11) is 0. The first-order valence-corrected chi connectivity index (χ1v) is 6.05. The average molecular weight is 221 g/mol. The van der Waals surface area contributed by atoms with Gasteiger partial charge in [0.2, 0.25) is 0 Å². The molecule has 0 aliphatic carbocycles. The van der Waals surface area contributed by atoms with Crippen molar-refractivity contribution in [2.24, 2.45) is 0 Å². The van der Waals surface area contributed by atoms with E-state index in [2.05, 4.69) is 6.07 Å². The molecule has 4 heteroatoms. The topological polar surface area (TPSA) is 44.0 Å². The van der Waals surface area contributed by atoms with Crippen LogP contribution >= 0.6 is 23.1 Å². The maximum Gasteiger partial charge on any atom is 0.130 e. The molecule has 14 heavy (non-hydrogen) atoms. The number of rotatable bonds is 1. The summed E-state index contributed by atoms with van der Waals surface area (Å²) in [5.41, 5.74) is 0.681. The average Bonchev–Trinajstić information content (AvgIpc) is 2.58. The third-order valence-electron chi connectivity index (χ3n) is 2.00. The second-order valence-corrected chi connectivity index (χ2v) is 4.54. The van der Waals surface area contributed by atoms with Gasteiger partial charge in [-0.2, -0.15) is 5.26 Å². The molecule has 0 amide bonds. The molecular formula is C10H7NOS2. The molecule has 1 heterocycles. The van der Waals surface area contributed by atoms with Crippen molar-refractivity contribution in [2.75, 3.05) is 6.26 Å². The highest BCUT2D eigenvalue weighted by atomic mass is 32.2. The summed E-state index contributed by atoms with van der Waals surface area (Å²) in [5.74, 6) is 0.288. The number of thioether (sulfide) groups is 1. The van der Waals surface area contributed by atoms with Crippen molar-refractivity contribution in [3.8, 4) is 11.8 Å². The Kier molecular flexibility index (Phi) is 2.36. The first-order chi connectivity index (χ1) is 6.76. The normalized spacial score (nSPS) is 10.3. The monoisotopic (exact) mass is 221 g/mol. The van der Waals surface area contributed by atoms with Gasteiger partial charge in [-0.25, -0.2) is 0 Å². The standard InChI is InChI=1S/C10H7NOS2/c1-13-10-2-7-6(4-11)5-14-9(7)3-8(10)12/h2-3,5,12H,1H3. The third-order valence-corrected chi connectivity index (χ3v) is 3.71. The van der Waals surface area contributed by atoms with Crippen LogP contribution in [0.25, 0.3) is 10.1 Å². The summed E-state index contributed by atoms with van der Waals surface area (Å²) >= 11 is 2.96. The van der Waals surface area contributed by atoms with Crippen molar-refractivity contribution in [3.63, 3.8) is 0 Å². The van der Waals surface area contributed by atoms with Gasteiger partial charge in [0.1, 0.15) is 11.8 Å². The molecule has 0 radical (unpaired) electrons. The van der Waals surface area contributed by atoms with Crippen LogP contribution in [-0.4, -0.2) is 11.4 Å². The van der Waals surface area contributed by atoms with Crippen LogP contribution in [0.5, 0.6) is 5.75 Å². The van der Waals surface area contributed by atoms with Crippen LogP contribution in [0.1, 0.15) is 5.56 Å². The van der Waals surface area contributed by atoms with Gasteiger partial charge in [-0.3, -0.25) is 0 Å². The van der Waals surface area contributed by atoms with E-state index >= 15 is 0 Å². The lowest BCUT2D eigenvalue weighted by atomic mass is 10.2. The van der Waals surface area contributed by atoms with E-state index in [9.17, 15) is 5.11 Å². The van der Waals surface area contributed by atoms with Crippen LogP contribution in [0.15, 0.2) is 22.4 Å². The van der Waals surface area contributed by atoms with Gasteiger partial charge in [-0.1, -0.05) is 0 Å². The first-order valence-electron chi connectivity index (χ1n) is 3.94. The molecule has 0 aliphatic heterocycles. The van der Waals surface area contributed by atoms with Crippen LogP contribution < -0.4 is 0 Å². The van der Waals surface area contributed by atoms with Gasteiger partial charge < -0.3 is 5.11 Å². The van der Waals surface area contributed by atoms with Crippen molar-refractivity contribution < 1.29 is 5.11 Å². The summed E-state index contributed by atoms with van der Waals surface area (Å²) in [4.78, 5) is 0.812. The highest BCUT2D eigenvalue weighted by Crippen LogP contribution is 2.35. The Hall–Kier alpha value is -1.18. The van der Waals surface area contributed by atoms with Gasteiger partial charge in [0.25, 0.3) is 0 Å². The number of nitrogens with zero attached hydrogens (tertiary/aromatic N) is 1. The van der Waals surface area contributed by atoms with Crippen molar-refractivity contribution >= 4 is 33.2 Å². The molecule has 0 fully saturated rings. The number of benzene rings is 1. The smallest absolute Gasteiger partial charge is 0.130 e. The Morgan fingerprint density at radius 2 is 2.29 bits per heavy atom. The summed E-state index contributed by atoms with van der Waals surface area (Å²) < 4.78 is 0.955. The number of thiophene rings is 1. The number of hydrogen-bond donors (Lipinski definition) is 1. The van der Waals surface area contributed by atoms with E-state index in [1.807, 2.05) is 17.7 Å². The number of hydrogen-bond acceptors (Lipinski definition) is 4. The summed E-state index contributed by atoms with van der Waals surface area (Å²) in [5, 5.41) is 21.2. The number of phenolic OH excluding ortho intramolecular Hbond substituents is 1. The molecule has 1 aromatic heterocycles. The molecule has 2 nitrogen and oxygen atoms in total. The Bertz CT molecular complexity index is 525. The molecule has 0 bridgehead atoms. The minimum atomic E-state index is 0.288. The third kappa shape index (κ3) is 1.35. The molecule has 0 atom stereocenters. The zero-order chi connectivity index (χ0) is 10.1. The van der Waals surface area contributed by atoms with Crippen molar-refractivity contribution in [3.05, 3.63) is 23.1 Å². The van der Waals surface area contributed by atoms with Gasteiger partial charge in [-0.05, 0) is 18.4 Å². The fourth-order valence-electron chi connectivity index (χ4n) is 1.29. The summed E-state index contributed by atoms with van der Waals surface area (Å²) in [6.07, 6.45) is 1.90. The molecule has 70 valence electrons. The number of fused-ring (bicyclic) bond motifs is 1. The predicted octanol–water partition coefficient (Wildman–Crippen LogP) is 3.20. The largest absolute Gasteiger partial charge is 0.507 e. The number of nitriles is 1. The molecule has 1 aromatic carbocycles. The van der Waals surface area contributed by atoms with E-state index < -0.39 is 0 Å². The minimum Gasteiger partial charge on any atom is -0.507 e. The molecule has 2 rings (SSSR count). The van der Waals surface area contributed by atoms with E-state index in [-0.39, 0.29) is 5.75 Å². The van der Waals surface area contributed by atoms with Crippen molar-refractivity contribution in [2.45, 2.75) is 4.90 Å². The van der Waals surface area contributed by atoms with Crippen molar-refractivity contribution in [1.29, 1.82) is 5.26 Å². The Labute approximate surface area is 89.8 Å². The minimum absolute atomic E-state index is 0.288. The molecule has 0 spiro atoms. The van der Waals surface area contributed by atoms with E-state index in [0.29, 0.717) is 5.56 Å². The van der Waals surface area contributed by atoms with Gasteiger partial charge in [0.15, 0.2) is 0 Å². The lowest BCUT2D eigenvalue weighted by Crippen LogP contribution is -1.74. The second kappa shape index (κ2) is 3.52. The zero-order valence-corrected chi connectivity index (χ0v) is 9.08. The van der Waals surface area contributed by atoms with Crippen LogP contribution in [0.3, 0.4) is 0 Å². The van der Waals surface area contributed by atoms with E-state index in [4.69, 9.17) is 5.26 Å². The maximum atomic E-state index is 9.59. The van der Waals surface area contributed by atoms with E-state index in [1.54, 1.807) is 6.07 Å². The van der Waals surface area contributed by atoms with E-state index in [1.165, 1.54) is 23.1 Å². The molecule has 0 saturated heterocycles. The lowest BCUT2D eigenvalue weighted by molar-refractivity contribution is 0.463. The zero-order valence-electron chi connectivity index (χ0n) is 7.44. The number of aromatic hydroxyl groups is 1. The van der Waals surface area contributed by atoms with Gasteiger partial charge >= 0.3 is 0 Å². The van der Waals surface area contributed by atoms with Crippen LogP contribution in [0.2, 0.25) is 0 Å². The molecule has 2 aromatic rings. The SMILES string of the molecule is CSc1cc2c(C#N)csc2cc1O. The highest BCUT2D eigenvalue weighted by molar-refractivity contribution is 7.98. The Balaban J connectivity index is 2.78. The quantitative estimate of drug-likeness (QED) is 0.752. The lowest BCUT2D eigenvalue weighted by Gasteiger charge is -2.00. The predicted molar refractivity (Wildman–Crippen MR) is 60.0 cm³/mol. The van der Waals surface area contributed by atoms with Gasteiger partial charge in [0, 0.05) is 20.4 Å². The van der Waals surface area contributed by atoms with Crippen LogP contribution in [0.4, 0.5) is 0 Å². The molecule has 0 saturated carbocycles. The molecule has 0 unspecified atom stereocenters. The maximum absolute atomic E-state index is 9.59. The first kappa shape index (κ1) is 9.38. The molecule has 0 aliphatic rings. The van der Waals surface area contributed by atoms with Crippen LogP contribution in [0, 0.1) is 11.3 Å². The van der Waals surface area contributed by atoms with Gasteiger partial charge in [-0.15, -0.1) is 23.1 Å². The van der Waals surface area contributed by atoms with Crippen molar-refractivity contribution in [1.82, 2.24) is 0 Å². The van der Waals surface area contributed by atoms with Crippen LogP contribution in [-0.2, 0) is 0 Å². The van der Waals surface area contributed by atoms with Gasteiger partial charge in [0.05, 0.1) is 5.56 Å².